The zero-order chi connectivity index (χ0) is 13.1. The number of nitrogens with one attached hydrogen (secondary N) is 2. The Labute approximate surface area is 126 Å². The highest BCUT2D eigenvalue weighted by Gasteiger charge is 2.28. The Bertz CT molecular complexity index is 434. The van der Waals surface area contributed by atoms with E-state index in [-0.39, 0.29) is 30.0 Å². The lowest BCUT2D eigenvalue weighted by molar-refractivity contribution is -0.126. The van der Waals surface area contributed by atoms with E-state index in [1.807, 2.05) is 6.92 Å². The molecule has 6 heteroatoms. The number of rotatable bonds is 4. The predicted molar refractivity (Wildman–Crippen MR) is 78.7 cm³/mol. The van der Waals surface area contributed by atoms with Crippen molar-refractivity contribution >= 4 is 34.2 Å². The average Bonchev–Trinajstić information content (AvgIpc) is 2.22. The normalized spacial score (nSPS) is 16.2. The summed E-state index contributed by atoms with van der Waals surface area (Å²) >= 11 is 3.23. The number of hydrogen-bond acceptors (Lipinski definition) is 2. The molecule has 1 heterocycles. The van der Waals surface area contributed by atoms with Crippen molar-refractivity contribution in [3.05, 3.63) is 34.1 Å². The van der Waals surface area contributed by atoms with E-state index in [0.717, 1.165) is 18.7 Å². The molecule has 1 aromatic rings. The highest BCUT2D eigenvalue weighted by molar-refractivity contribution is 9.10. The van der Waals surface area contributed by atoms with E-state index < -0.39 is 0 Å². The fourth-order valence-corrected chi connectivity index (χ4v) is 2.45. The number of benzene rings is 1. The van der Waals surface area contributed by atoms with Crippen LogP contribution >= 0.6 is 28.3 Å². The van der Waals surface area contributed by atoms with Gasteiger partial charge in [0.05, 0.1) is 0 Å². The van der Waals surface area contributed by atoms with Crippen LogP contribution in [-0.4, -0.2) is 19.0 Å². The fourth-order valence-electron chi connectivity index (χ4n) is 1.94. The Kier molecular flexibility index (Phi) is 6.23. The predicted octanol–water partition coefficient (Wildman–Crippen LogP) is 2.48. The molecule has 1 amide bonds. The van der Waals surface area contributed by atoms with Crippen molar-refractivity contribution in [1.82, 2.24) is 10.6 Å². The number of amides is 1. The van der Waals surface area contributed by atoms with Crippen molar-refractivity contribution in [2.75, 3.05) is 13.1 Å². The highest BCUT2D eigenvalue weighted by Crippen LogP contribution is 2.17. The van der Waals surface area contributed by atoms with Crippen LogP contribution in [0.25, 0.3) is 0 Å². The monoisotopic (exact) mass is 350 g/mol. The van der Waals surface area contributed by atoms with Crippen LogP contribution in [-0.2, 0) is 11.3 Å². The topological polar surface area (TPSA) is 41.1 Å². The first-order valence-corrected chi connectivity index (χ1v) is 6.79. The minimum Gasteiger partial charge on any atom is -0.352 e. The van der Waals surface area contributed by atoms with Gasteiger partial charge in [-0.25, -0.2) is 4.39 Å². The lowest BCUT2D eigenvalue weighted by Gasteiger charge is -2.31. The van der Waals surface area contributed by atoms with Gasteiger partial charge in [-0.2, -0.15) is 0 Å². The van der Waals surface area contributed by atoms with Gasteiger partial charge in [0.1, 0.15) is 5.82 Å². The molecule has 2 N–H and O–H groups in total. The summed E-state index contributed by atoms with van der Waals surface area (Å²) in [6.07, 6.45) is 0. The van der Waals surface area contributed by atoms with Crippen LogP contribution in [0.3, 0.4) is 0 Å². The molecule has 0 aromatic heterocycles. The van der Waals surface area contributed by atoms with Crippen molar-refractivity contribution < 1.29 is 9.18 Å². The number of halogens is 3. The molecule has 1 unspecified atom stereocenters. The zero-order valence-electron chi connectivity index (χ0n) is 10.6. The molecule has 0 radical (unpaired) electrons. The van der Waals surface area contributed by atoms with Crippen molar-refractivity contribution in [3.63, 3.8) is 0 Å². The maximum atomic E-state index is 13.2. The standard InChI is InChI=1S/C13H16BrFN2O.ClH/c1-8(10-6-16-7-10)13(18)17-5-9-2-11(14)4-12(15)3-9;/h2-4,8,10,16H,5-7H2,1H3,(H,17,18);1H. The minimum atomic E-state index is -0.301. The van der Waals surface area contributed by atoms with Crippen LogP contribution in [0.2, 0.25) is 0 Å². The van der Waals surface area contributed by atoms with E-state index in [1.54, 1.807) is 6.07 Å². The first-order chi connectivity index (χ1) is 8.56. The SMILES string of the molecule is CC(C(=O)NCc1cc(F)cc(Br)c1)C1CNC1.Cl. The molecule has 1 atom stereocenters. The van der Waals surface area contributed by atoms with Crippen LogP contribution in [0, 0.1) is 17.7 Å². The Morgan fingerprint density at radius 1 is 1.53 bits per heavy atom. The van der Waals surface area contributed by atoms with Crippen LogP contribution in [0.1, 0.15) is 12.5 Å². The molecule has 106 valence electrons. The van der Waals surface area contributed by atoms with Gasteiger partial charge in [-0.3, -0.25) is 4.79 Å². The quantitative estimate of drug-likeness (QED) is 0.875. The van der Waals surface area contributed by atoms with Crippen LogP contribution in [0.4, 0.5) is 4.39 Å². The molecule has 1 saturated heterocycles. The van der Waals surface area contributed by atoms with E-state index in [1.165, 1.54) is 12.1 Å². The fraction of sp³-hybridized carbons (Fsp3) is 0.462. The lowest BCUT2D eigenvalue weighted by atomic mass is 9.88. The Morgan fingerprint density at radius 3 is 2.74 bits per heavy atom. The first kappa shape index (κ1) is 16.4. The van der Waals surface area contributed by atoms with Gasteiger partial charge in [-0.1, -0.05) is 22.9 Å². The summed E-state index contributed by atoms with van der Waals surface area (Å²) < 4.78 is 13.8. The van der Waals surface area contributed by atoms with Crippen LogP contribution < -0.4 is 10.6 Å². The summed E-state index contributed by atoms with van der Waals surface area (Å²) in [6, 6.07) is 4.63. The first-order valence-electron chi connectivity index (χ1n) is 5.99. The van der Waals surface area contributed by atoms with Crippen molar-refractivity contribution in [3.8, 4) is 0 Å². The maximum absolute atomic E-state index is 13.2. The second kappa shape index (κ2) is 7.22. The Morgan fingerprint density at radius 2 is 2.21 bits per heavy atom. The Hall–Kier alpha value is -0.650. The van der Waals surface area contributed by atoms with E-state index in [4.69, 9.17) is 0 Å². The van der Waals surface area contributed by atoms with Gasteiger partial charge in [-0.15, -0.1) is 12.4 Å². The van der Waals surface area contributed by atoms with E-state index in [9.17, 15) is 9.18 Å². The second-order valence-electron chi connectivity index (χ2n) is 4.70. The summed E-state index contributed by atoms with van der Waals surface area (Å²) in [6.45, 7) is 4.10. The molecule has 1 fully saturated rings. The van der Waals surface area contributed by atoms with Crippen molar-refractivity contribution in [2.45, 2.75) is 13.5 Å². The van der Waals surface area contributed by atoms with E-state index >= 15 is 0 Å². The summed E-state index contributed by atoms with van der Waals surface area (Å²) in [5.74, 6) is 0.152. The van der Waals surface area contributed by atoms with E-state index in [2.05, 4.69) is 26.6 Å². The number of carbonyl (C=O) groups excluding carboxylic acids is 1. The average molecular weight is 352 g/mol. The minimum absolute atomic E-state index is 0. The Balaban J connectivity index is 0.00000180. The van der Waals surface area contributed by atoms with Gasteiger partial charge in [0.25, 0.3) is 0 Å². The van der Waals surface area contributed by atoms with Gasteiger partial charge in [0.15, 0.2) is 0 Å². The second-order valence-corrected chi connectivity index (χ2v) is 5.62. The third-order valence-corrected chi connectivity index (χ3v) is 3.78. The summed E-state index contributed by atoms with van der Waals surface area (Å²) in [5.41, 5.74) is 0.758. The molecule has 0 spiro atoms. The van der Waals surface area contributed by atoms with Crippen molar-refractivity contribution in [1.29, 1.82) is 0 Å². The van der Waals surface area contributed by atoms with Crippen LogP contribution in [0.15, 0.2) is 22.7 Å². The summed E-state index contributed by atoms with van der Waals surface area (Å²) in [7, 11) is 0. The molecule has 1 aliphatic rings. The van der Waals surface area contributed by atoms with Gasteiger partial charge in [0, 0.05) is 16.9 Å². The van der Waals surface area contributed by atoms with Gasteiger partial charge in [0.2, 0.25) is 5.91 Å². The zero-order valence-corrected chi connectivity index (χ0v) is 13.0. The molecule has 1 aromatic carbocycles. The molecule has 1 aliphatic heterocycles. The van der Waals surface area contributed by atoms with E-state index in [0.29, 0.717) is 16.9 Å². The molecule has 2 rings (SSSR count). The summed E-state index contributed by atoms with van der Waals surface area (Å²) in [5, 5.41) is 6.00. The molecule has 0 aliphatic carbocycles. The largest absolute Gasteiger partial charge is 0.352 e. The molecule has 0 saturated carbocycles. The smallest absolute Gasteiger partial charge is 0.223 e. The lowest BCUT2D eigenvalue weighted by Crippen LogP contribution is -2.49. The van der Waals surface area contributed by atoms with Gasteiger partial charge < -0.3 is 10.6 Å². The third kappa shape index (κ3) is 4.44. The van der Waals surface area contributed by atoms with Gasteiger partial charge in [-0.05, 0) is 42.8 Å². The molecule has 19 heavy (non-hydrogen) atoms. The molecule has 0 bridgehead atoms. The molecular formula is C13H17BrClFN2O. The van der Waals surface area contributed by atoms with Gasteiger partial charge >= 0.3 is 0 Å². The van der Waals surface area contributed by atoms with Crippen LogP contribution in [0.5, 0.6) is 0 Å². The molecule has 3 nitrogen and oxygen atoms in total. The van der Waals surface area contributed by atoms with Crippen molar-refractivity contribution in [2.24, 2.45) is 11.8 Å². The maximum Gasteiger partial charge on any atom is 0.223 e. The molecular weight excluding hydrogens is 335 g/mol. The highest BCUT2D eigenvalue weighted by atomic mass is 79.9. The number of hydrogen-bond donors (Lipinski definition) is 2. The summed E-state index contributed by atoms with van der Waals surface area (Å²) in [4.78, 5) is 11.9. The third-order valence-electron chi connectivity index (χ3n) is 3.32. The number of carbonyl (C=O) groups is 1.